The van der Waals surface area contributed by atoms with Crippen LogP contribution >= 0.6 is 0 Å². The lowest BCUT2D eigenvalue weighted by atomic mass is 10.2. The van der Waals surface area contributed by atoms with Crippen LogP contribution in [0.15, 0.2) is 6.20 Å². The number of hydrogen-bond donors (Lipinski definition) is 1. The Kier molecular flexibility index (Phi) is 4.83. The Hall–Kier alpha value is -1.21. The molecule has 1 N–H and O–H groups in total. The molecule has 0 fully saturated rings. The predicted octanol–water partition coefficient (Wildman–Crippen LogP) is 1.40. The molecule has 1 aromatic heterocycles. The van der Waals surface area contributed by atoms with Crippen LogP contribution in [0.5, 0.6) is 0 Å². The fraction of sp³-hybridized carbons (Fsp3) is 0.600. The molecule has 0 aliphatic carbocycles. The van der Waals surface area contributed by atoms with Gasteiger partial charge in [0.25, 0.3) is 0 Å². The number of aliphatic hydroxyl groups is 1. The molecular weight excluding hydrogens is 237 g/mol. The first-order chi connectivity index (χ1) is 7.92. The van der Waals surface area contributed by atoms with Gasteiger partial charge in [-0.1, -0.05) is 0 Å². The summed E-state index contributed by atoms with van der Waals surface area (Å²) in [6.07, 6.45) is -2.64. The molecule has 1 rings (SSSR count). The van der Waals surface area contributed by atoms with Gasteiger partial charge in [-0.3, -0.25) is 0 Å². The first kappa shape index (κ1) is 13.9. The van der Waals surface area contributed by atoms with E-state index in [1.54, 1.807) is 6.92 Å². The van der Waals surface area contributed by atoms with Gasteiger partial charge in [-0.15, -0.1) is 0 Å². The van der Waals surface area contributed by atoms with Crippen LogP contribution in [-0.2, 0) is 17.8 Å². The third-order valence-corrected chi connectivity index (χ3v) is 2.04. The van der Waals surface area contributed by atoms with E-state index in [0.717, 1.165) is 0 Å². The van der Waals surface area contributed by atoms with Gasteiger partial charge in [-0.2, -0.15) is 13.2 Å². The Balaban J connectivity index is 2.40. The Morgan fingerprint density at radius 3 is 2.65 bits per heavy atom. The van der Waals surface area contributed by atoms with E-state index < -0.39 is 12.8 Å². The van der Waals surface area contributed by atoms with Crippen molar-refractivity contribution in [1.29, 1.82) is 0 Å². The van der Waals surface area contributed by atoms with Gasteiger partial charge in [-0.25, -0.2) is 9.97 Å². The van der Waals surface area contributed by atoms with Crippen molar-refractivity contribution in [2.75, 3.05) is 13.2 Å². The molecule has 0 amide bonds. The fourth-order valence-corrected chi connectivity index (χ4v) is 1.17. The molecule has 0 saturated heterocycles. The molecule has 0 aromatic carbocycles. The van der Waals surface area contributed by atoms with E-state index in [2.05, 4.69) is 14.7 Å². The van der Waals surface area contributed by atoms with Crippen LogP contribution in [0, 0.1) is 6.92 Å². The van der Waals surface area contributed by atoms with Crippen molar-refractivity contribution < 1.29 is 23.0 Å². The summed E-state index contributed by atoms with van der Waals surface area (Å²) in [5.41, 5.74) is 1.22. The minimum atomic E-state index is -4.31. The summed E-state index contributed by atoms with van der Waals surface area (Å²) in [5.74, 6) is 0.405. The summed E-state index contributed by atoms with van der Waals surface area (Å²) in [6.45, 7) is 0.197. The highest BCUT2D eigenvalue weighted by Crippen LogP contribution is 2.14. The van der Waals surface area contributed by atoms with E-state index in [4.69, 9.17) is 5.11 Å². The Morgan fingerprint density at radius 1 is 1.41 bits per heavy atom. The second-order valence-corrected chi connectivity index (χ2v) is 3.47. The lowest BCUT2D eigenvalue weighted by Crippen LogP contribution is -2.18. The lowest BCUT2D eigenvalue weighted by Gasteiger charge is -2.07. The SMILES string of the molecule is Cc1nc(CCOCC(F)(F)F)ncc1CO. The highest BCUT2D eigenvalue weighted by atomic mass is 19.4. The predicted molar refractivity (Wildman–Crippen MR) is 53.3 cm³/mol. The number of hydrogen-bond acceptors (Lipinski definition) is 4. The van der Waals surface area contributed by atoms with Gasteiger partial charge in [0.15, 0.2) is 0 Å². The number of ether oxygens (including phenoxy) is 1. The molecule has 0 spiro atoms. The zero-order chi connectivity index (χ0) is 12.9. The Morgan fingerprint density at radius 2 is 2.12 bits per heavy atom. The van der Waals surface area contributed by atoms with Gasteiger partial charge in [0.1, 0.15) is 12.4 Å². The maximum absolute atomic E-state index is 11.8. The van der Waals surface area contributed by atoms with E-state index in [1.165, 1.54) is 6.20 Å². The molecule has 17 heavy (non-hydrogen) atoms. The smallest absolute Gasteiger partial charge is 0.392 e. The van der Waals surface area contributed by atoms with Gasteiger partial charge >= 0.3 is 6.18 Å². The summed E-state index contributed by atoms with van der Waals surface area (Å²) >= 11 is 0. The number of aryl methyl sites for hydroxylation is 1. The summed E-state index contributed by atoms with van der Waals surface area (Å²) in [5, 5.41) is 8.88. The molecule has 4 nitrogen and oxygen atoms in total. The summed E-state index contributed by atoms with van der Waals surface area (Å²) < 4.78 is 39.7. The Bertz CT molecular complexity index is 369. The van der Waals surface area contributed by atoms with Gasteiger partial charge < -0.3 is 9.84 Å². The summed E-state index contributed by atoms with van der Waals surface area (Å²) in [6, 6.07) is 0. The molecule has 1 aromatic rings. The second-order valence-electron chi connectivity index (χ2n) is 3.47. The molecule has 0 aliphatic heterocycles. The largest absolute Gasteiger partial charge is 0.411 e. The fourth-order valence-electron chi connectivity index (χ4n) is 1.17. The monoisotopic (exact) mass is 250 g/mol. The molecule has 0 atom stereocenters. The van der Waals surface area contributed by atoms with Crippen molar-refractivity contribution in [1.82, 2.24) is 9.97 Å². The zero-order valence-electron chi connectivity index (χ0n) is 9.29. The molecule has 0 aliphatic rings. The molecule has 0 bridgehead atoms. The molecule has 0 radical (unpaired) electrons. The lowest BCUT2D eigenvalue weighted by molar-refractivity contribution is -0.173. The van der Waals surface area contributed by atoms with Crippen LogP contribution in [0.1, 0.15) is 17.1 Å². The molecule has 0 saturated carbocycles. The van der Waals surface area contributed by atoms with E-state index in [1.807, 2.05) is 0 Å². The van der Waals surface area contributed by atoms with E-state index in [9.17, 15) is 13.2 Å². The number of rotatable bonds is 5. The maximum atomic E-state index is 11.8. The quantitative estimate of drug-likeness (QED) is 0.802. The van der Waals surface area contributed by atoms with Crippen molar-refractivity contribution >= 4 is 0 Å². The topological polar surface area (TPSA) is 55.2 Å². The third kappa shape index (κ3) is 5.10. The van der Waals surface area contributed by atoms with Crippen molar-refractivity contribution in [3.8, 4) is 0 Å². The average molecular weight is 250 g/mol. The van der Waals surface area contributed by atoms with Crippen LogP contribution in [0.4, 0.5) is 13.2 Å². The standard InChI is InChI=1S/C10H13F3N2O2/c1-7-8(5-16)4-14-9(15-7)2-3-17-6-10(11,12)13/h4,16H,2-3,5-6H2,1H3. The van der Waals surface area contributed by atoms with Crippen LogP contribution in [-0.4, -0.2) is 34.5 Å². The highest BCUT2D eigenvalue weighted by Gasteiger charge is 2.27. The summed E-state index contributed by atoms with van der Waals surface area (Å²) in [4.78, 5) is 7.96. The van der Waals surface area contributed by atoms with Crippen LogP contribution < -0.4 is 0 Å². The minimum absolute atomic E-state index is 0.0859. The van der Waals surface area contributed by atoms with Crippen molar-refractivity contribution in [2.45, 2.75) is 26.1 Å². The highest BCUT2D eigenvalue weighted by molar-refractivity contribution is 5.14. The second kappa shape index (κ2) is 5.92. The van der Waals surface area contributed by atoms with Gasteiger partial charge in [0, 0.05) is 23.9 Å². The molecule has 7 heteroatoms. The molecule has 0 unspecified atom stereocenters. The van der Waals surface area contributed by atoms with E-state index >= 15 is 0 Å². The van der Waals surface area contributed by atoms with Crippen molar-refractivity contribution in [2.24, 2.45) is 0 Å². The molecule has 96 valence electrons. The van der Waals surface area contributed by atoms with Crippen LogP contribution in [0.2, 0.25) is 0 Å². The van der Waals surface area contributed by atoms with Gasteiger partial charge in [0.2, 0.25) is 0 Å². The number of aliphatic hydroxyl groups excluding tert-OH is 1. The number of halogens is 3. The summed E-state index contributed by atoms with van der Waals surface area (Å²) in [7, 11) is 0. The van der Waals surface area contributed by atoms with Crippen molar-refractivity contribution in [3.63, 3.8) is 0 Å². The molecule has 1 heterocycles. The first-order valence-corrected chi connectivity index (χ1v) is 4.99. The van der Waals surface area contributed by atoms with Crippen molar-refractivity contribution in [3.05, 3.63) is 23.3 Å². The number of alkyl halides is 3. The van der Waals surface area contributed by atoms with Crippen LogP contribution in [0.3, 0.4) is 0 Å². The minimum Gasteiger partial charge on any atom is -0.392 e. The molecular formula is C10H13F3N2O2. The third-order valence-electron chi connectivity index (χ3n) is 2.04. The van der Waals surface area contributed by atoms with E-state index in [-0.39, 0.29) is 19.6 Å². The number of aromatic nitrogens is 2. The first-order valence-electron chi connectivity index (χ1n) is 4.99. The number of nitrogens with zero attached hydrogens (tertiary/aromatic N) is 2. The normalized spacial score (nSPS) is 11.8. The van der Waals surface area contributed by atoms with E-state index in [0.29, 0.717) is 17.1 Å². The zero-order valence-corrected chi connectivity index (χ0v) is 9.29. The Labute approximate surface area is 96.5 Å². The van der Waals surface area contributed by atoms with Gasteiger partial charge in [-0.05, 0) is 6.92 Å². The average Bonchev–Trinajstić information content (AvgIpc) is 2.23. The maximum Gasteiger partial charge on any atom is 0.411 e. The van der Waals surface area contributed by atoms with Gasteiger partial charge in [0.05, 0.1) is 13.2 Å². The van der Waals surface area contributed by atoms with Crippen LogP contribution in [0.25, 0.3) is 0 Å².